The van der Waals surface area contributed by atoms with E-state index in [0.717, 1.165) is 22.3 Å². The summed E-state index contributed by atoms with van der Waals surface area (Å²) in [5.74, 6) is -1.19. The number of carbonyl (C=O) groups is 3. The van der Waals surface area contributed by atoms with E-state index < -0.39 is 11.8 Å². The zero-order chi connectivity index (χ0) is 15.4. The summed E-state index contributed by atoms with van der Waals surface area (Å²) in [4.78, 5) is 37.1. The molecule has 0 aromatic heterocycles. The van der Waals surface area contributed by atoms with Gasteiger partial charge in [0, 0.05) is 11.0 Å². The molecule has 6 nitrogen and oxygen atoms in total. The first-order chi connectivity index (χ1) is 10.0. The van der Waals surface area contributed by atoms with Gasteiger partial charge < -0.3 is 10.6 Å². The predicted molar refractivity (Wildman–Crippen MR) is 81.1 cm³/mol. The maximum Gasteiger partial charge on any atom is 0.262 e. The molecule has 0 fully saturated rings. The molecule has 1 aliphatic heterocycles. The fourth-order valence-corrected chi connectivity index (χ4v) is 2.46. The van der Waals surface area contributed by atoms with Crippen LogP contribution in [0.5, 0.6) is 0 Å². The van der Waals surface area contributed by atoms with E-state index in [1.54, 1.807) is 18.2 Å². The molecule has 21 heavy (non-hydrogen) atoms. The minimum absolute atomic E-state index is 0.247. The molecule has 0 saturated heterocycles. The van der Waals surface area contributed by atoms with Gasteiger partial charge in [0.1, 0.15) is 6.54 Å². The normalized spacial score (nSPS) is 13.5. The highest BCUT2D eigenvalue weighted by molar-refractivity contribution is 9.10. The minimum Gasteiger partial charge on any atom is -0.354 e. The second-order valence-corrected chi connectivity index (χ2v) is 5.61. The number of rotatable bonds is 6. The van der Waals surface area contributed by atoms with E-state index in [1.807, 2.05) is 7.05 Å². The fourth-order valence-electron chi connectivity index (χ4n) is 2.10. The Kier molecular flexibility index (Phi) is 5.08. The van der Waals surface area contributed by atoms with E-state index in [9.17, 15) is 14.4 Å². The van der Waals surface area contributed by atoms with Crippen molar-refractivity contribution in [1.29, 1.82) is 0 Å². The lowest BCUT2D eigenvalue weighted by atomic mass is 10.1. The number of imide groups is 1. The SMILES string of the molecule is CNCCCNC(=O)CN1C(=O)c2ccc(Br)cc2C1=O. The van der Waals surface area contributed by atoms with Crippen molar-refractivity contribution in [2.75, 3.05) is 26.7 Å². The molecule has 0 aliphatic carbocycles. The van der Waals surface area contributed by atoms with Gasteiger partial charge in [-0.15, -0.1) is 0 Å². The van der Waals surface area contributed by atoms with Crippen LogP contribution in [0.2, 0.25) is 0 Å². The Morgan fingerprint density at radius 1 is 1.19 bits per heavy atom. The number of carbonyl (C=O) groups excluding carboxylic acids is 3. The monoisotopic (exact) mass is 353 g/mol. The summed E-state index contributed by atoms with van der Waals surface area (Å²) in [5, 5.41) is 5.66. The zero-order valence-corrected chi connectivity index (χ0v) is 13.2. The number of hydrogen-bond donors (Lipinski definition) is 2. The van der Waals surface area contributed by atoms with E-state index in [0.29, 0.717) is 17.7 Å². The van der Waals surface area contributed by atoms with Crippen LogP contribution >= 0.6 is 15.9 Å². The highest BCUT2D eigenvalue weighted by Crippen LogP contribution is 2.25. The standard InChI is InChI=1S/C14H16BrN3O3/c1-16-5-2-6-17-12(19)8-18-13(20)10-4-3-9(15)7-11(10)14(18)21/h3-4,7,16H,2,5-6,8H2,1H3,(H,17,19). The van der Waals surface area contributed by atoms with E-state index >= 15 is 0 Å². The van der Waals surface area contributed by atoms with Crippen LogP contribution in [-0.4, -0.2) is 49.3 Å². The smallest absolute Gasteiger partial charge is 0.262 e. The second kappa shape index (κ2) is 6.82. The van der Waals surface area contributed by atoms with Gasteiger partial charge in [0.2, 0.25) is 5.91 Å². The van der Waals surface area contributed by atoms with E-state index in [2.05, 4.69) is 26.6 Å². The summed E-state index contributed by atoms with van der Waals surface area (Å²) in [5.41, 5.74) is 0.670. The number of nitrogens with one attached hydrogen (secondary N) is 2. The average Bonchev–Trinajstić information content (AvgIpc) is 2.68. The third kappa shape index (κ3) is 3.48. The number of nitrogens with zero attached hydrogens (tertiary/aromatic N) is 1. The summed E-state index contributed by atoms with van der Waals surface area (Å²) in [6.07, 6.45) is 0.789. The summed E-state index contributed by atoms with van der Waals surface area (Å²) in [6, 6.07) is 4.89. The van der Waals surface area contributed by atoms with E-state index in [1.165, 1.54) is 0 Å². The van der Waals surface area contributed by atoms with Crippen LogP contribution < -0.4 is 10.6 Å². The maximum atomic E-state index is 12.2. The van der Waals surface area contributed by atoms with E-state index in [-0.39, 0.29) is 12.5 Å². The molecule has 0 saturated carbocycles. The molecule has 2 N–H and O–H groups in total. The van der Waals surface area contributed by atoms with Crippen LogP contribution in [0, 0.1) is 0 Å². The third-order valence-corrected chi connectivity index (χ3v) is 3.65. The van der Waals surface area contributed by atoms with Crippen molar-refractivity contribution >= 4 is 33.7 Å². The molecule has 1 heterocycles. The molecule has 1 aliphatic rings. The second-order valence-electron chi connectivity index (χ2n) is 4.69. The third-order valence-electron chi connectivity index (χ3n) is 3.16. The summed E-state index contributed by atoms with van der Waals surface area (Å²) in [6.45, 7) is 1.05. The molecule has 2 rings (SSSR count). The molecule has 1 aromatic rings. The molecule has 112 valence electrons. The maximum absolute atomic E-state index is 12.2. The van der Waals surface area contributed by atoms with Crippen LogP contribution in [0.4, 0.5) is 0 Å². The Morgan fingerprint density at radius 2 is 1.90 bits per heavy atom. The molecule has 0 unspecified atom stereocenters. The van der Waals surface area contributed by atoms with Gasteiger partial charge in [0.25, 0.3) is 11.8 Å². The van der Waals surface area contributed by atoms with Crippen molar-refractivity contribution in [3.63, 3.8) is 0 Å². The van der Waals surface area contributed by atoms with Gasteiger partial charge in [0.15, 0.2) is 0 Å². The fraction of sp³-hybridized carbons (Fsp3) is 0.357. The Balaban J connectivity index is 1.98. The molecule has 0 spiro atoms. The first kappa shape index (κ1) is 15.7. The van der Waals surface area contributed by atoms with Crippen molar-refractivity contribution in [3.8, 4) is 0 Å². The number of fused-ring (bicyclic) bond motifs is 1. The highest BCUT2D eigenvalue weighted by atomic mass is 79.9. The molecular formula is C14H16BrN3O3. The van der Waals surface area contributed by atoms with Gasteiger partial charge in [0.05, 0.1) is 11.1 Å². The van der Waals surface area contributed by atoms with Gasteiger partial charge in [-0.05, 0) is 38.2 Å². The van der Waals surface area contributed by atoms with Crippen molar-refractivity contribution in [2.24, 2.45) is 0 Å². The molecule has 0 atom stereocenters. The average molecular weight is 354 g/mol. The Labute approximate surface area is 131 Å². The lowest BCUT2D eigenvalue weighted by molar-refractivity contribution is -0.121. The molecule has 1 aromatic carbocycles. The van der Waals surface area contributed by atoms with Gasteiger partial charge in [-0.2, -0.15) is 0 Å². The van der Waals surface area contributed by atoms with E-state index in [4.69, 9.17) is 0 Å². The first-order valence-electron chi connectivity index (χ1n) is 6.61. The highest BCUT2D eigenvalue weighted by Gasteiger charge is 2.36. The van der Waals surface area contributed by atoms with Crippen LogP contribution in [0.25, 0.3) is 0 Å². The molecule has 0 radical (unpaired) electrons. The van der Waals surface area contributed by atoms with Crippen LogP contribution in [0.3, 0.4) is 0 Å². The van der Waals surface area contributed by atoms with Crippen molar-refractivity contribution < 1.29 is 14.4 Å². The van der Waals surface area contributed by atoms with Gasteiger partial charge in [-0.1, -0.05) is 15.9 Å². The van der Waals surface area contributed by atoms with Crippen LogP contribution in [-0.2, 0) is 4.79 Å². The van der Waals surface area contributed by atoms with Gasteiger partial charge in [-0.3, -0.25) is 19.3 Å². The Bertz CT molecular complexity index is 589. The Morgan fingerprint density at radius 3 is 2.62 bits per heavy atom. The number of hydrogen-bond acceptors (Lipinski definition) is 4. The van der Waals surface area contributed by atoms with Crippen molar-refractivity contribution in [2.45, 2.75) is 6.42 Å². The van der Waals surface area contributed by atoms with Gasteiger partial charge in [-0.25, -0.2) is 0 Å². The molecular weight excluding hydrogens is 338 g/mol. The summed E-state index contributed by atoms with van der Waals surface area (Å²) < 4.78 is 0.723. The molecule has 7 heteroatoms. The minimum atomic E-state index is -0.429. The first-order valence-corrected chi connectivity index (χ1v) is 7.41. The molecule has 3 amide bonds. The van der Waals surface area contributed by atoms with Crippen molar-refractivity contribution in [1.82, 2.24) is 15.5 Å². The molecule has 0 bridgehead atoms. The topological polar surface area (TPSA) is 78.5 Å². The number of benzene rings is 1. The van der Waals surface area contributed by atoms with Crippen LogP contribution in [0.15, 0.2) is 22.7 Å². The van der Waals surface area contributed by atoms with Crippen LogP contribution in [0.1, 0.15) is 27.1 Å². The number of halogens is 1. The predicted octanol–water partition coefficient (Wildman–Crippen LogP) is 0.771. The van der Waals surface area contributed by atoms with Crippen molar-refractivity contribution in [3.05, 3.63) is 33.8 Å². The zero-order valence-electron chi connectivity index (χ0n) is 11.6. The quantitative estimate of drug-likeness (QED) is 0.584. The largest absolute Gasteiger partial charge is 0.354 e. The summed E-state index contributed by atoms with van der Waals surface area (Å²) in [7, 11) is 1.83. The lowest BCUT2D eigenvalue weighted by Gasteiger charge is -2.13. The number of amides is 3. The van der Waals surface area contributed by atoms with Gasteiger partial charge >= 0.3 is 0 Å². The Hall–Kier alpha value is -1.73. The summed E-state index contributed by atoms with van der Waals surface area (Å²) >= 11 is 3.26. The lowest BCUT2D eigenvalue weighted by Crippen LogP contribution is -2.40.